The molecule has 1 heterocycles. The summed E-state index contributed by atoms with van der Waals surface area (Å²) >= 11 is 0. The Hall–Kier alpha value is -3.83. The van der Waals surface area contributed by atoms with Gasteiger partial charge in [0, 0.05) is 30.4 Å². The standard InChI is InChI=1S/C30H32FN3O/c1-21-26-17-28(31)29(33-16-8-7-15-32-3)18-30(26)34(20-27(21)22(2)35)19-23-11-13-25(14-12-23)24-9-5-4-6-10-24/h4-6,9-14,17-18,20,32-33,35H,1-2,7-8,15-16,19H2,3H3. The number of anilines is 2. The van der Waals surface area contributed by atoms with Gasteiger partial charge in [0.1, 0.15) is 11.6 Å². The highest BCUT2D eigenvalue weighted by Gasteiger charge is 2.25. The van der Waals surface area contributed by atoms with Gasteiger partial charge in [0.15, 0.2) is 0 Å². The highest BCUT2D eigenvalue weighted by atomic mass is 19.1. The van der Waals surface area contributed by atoms with Crippen molar-refractivity contribution in [3.05, 3.63) is 114 Å². The minimum absolute atomic E-state index is 0.0859. The number of nitrogens with one attached hydrogen (secondary N) is 2. The Labute approximate surface area is 207 Å². The fourth-order valence-electron chi connectivity index (χ4n) is 4.28. The summed E-state index contributed by atoms with van der Waals surface area (Å²) in [6.45, 7) is 9.96. The van der Waals surface area contributed by atoms with Crippen LogP contribution < -0.4 is 15.5 Å². The lowest BCUT2D eigenvalue weighted by atomic mass is 9.92. The van der Waals surface area contributed by atoms with E-state index in [1.54, 1.807) is 0 Å². The number of aliphatic hydroxyl groups is 1. The van der Waals surface area contributed by atoms with Gasteiger partial charge in [-0.1, -0.05) is 67.8 Å². The summed E-state index contributed by atoms with van der Waals surface area (Å²) in [6, 6.07) is 22.0. The van der Waals surface area contributed by atoms with Crippen molar-refractivity contribution in [2.24, 2.45) is 0 Å². The van der Waals surface area contributed by atoms with Crippen LogP contribution in [0.3, 0.4) is 0 Å². The van der Waals surface area contributed by atoms with E-state index in [4.69, 9.17) is 0 Å². The normalized spacial score (nSPS) is 12.8. The van der Waals surface area contributed by atoms with Gasteiger partial charge in [-0.3, -0.25) is 0 Å². The van der Waals surface area contributed by atoms with Gasteiger partial charge < -0.3 is 20.6 Å². The molecule has 3 N–H and O–H groups in total. The van der Waals surface area contributed by atoms with E-state index in [-0.39, 0.29) is 11.6 Å². The van der Waals surface area contributed by atoms with Crippen LogP contribution in [-0.2, 0) is 6.54 Å². The summed E-state index contributed by atoms with van der Waals surface area (Å²) in [7, 11) is 1.93. The third kappa shape index (κ3) is 5.64. The van der Waals surface area contributed by atoms with E-state index in [0.29, 0.717) is 35.5 Å². The molecule has 180 valence electrons. The van der Waals surface area contributed by atoms with Gasteiger partial charge in [0.05, 0.1) is 11.4 Å². The third-order valence-electron chi connectivity index (χ3n) is 6.22. The second-order valence-electron chi connectivity index (χ2n) is 8.75. The largest absolute Gasteiger partial charge is 0.508 e. The Balaban J connectivity index is 1.61. The molecule has 0 atom stereocenters. The van der Waals surface area contributed by atoms with Crippen LogP contribution in [0.4, 0.5) is 15.8 Å². The van der Waals surface area contributed by atoms with Gasteiger partial charge in [0.2, 0.25) is 0 Å². The number of aliphatic hydroxyl groups excluding tert-OH is 1. The monoisotopic (exact) mass is 469 g/mol. The number of allylic oxidation sites excluding steroid dienone is 1. The Morgan fingerprint density at radius 2 is 1.66 bits per heavy atom. The number of hydrogen-bond donors (Lipinski definition) is 3. The summed E-state index contributed by atoms with van der Waals surface area (Å²) in [5.74, 6) is -0.423. The molecule has 0 fully saturated rings. The smallest absolute Gasteiger partial charge is 0.147 e. The van der Waals surface area contributed by atoms with E-state index in [9.17, 15) is 9.50 Å². The van der Waals surface area contributed by atoms with E-state index >= 15 is 0 Å². The first-order valence-electron chi connectivity index (χ1n) is 11.9. The predicted octanol–water partition coefficient (Wildman–Crippen LogP) is 6.89. The van der Waals surface area contributed by atoms with Gasteiger partial charge >= 0.3 is 0 Å². The Bertz CT molecular complexity index is 1230. The van der Waals surface area contributed by atoms with Crippen molar-refractivity contribution in [1.82, 2.24) is 5.32 Å². The summed E-state index contributed by atoms with van der Waals surface area (Å²) in [5, 5.41) is 16.5. The molecular formula is C30H32FN3O. The first-order valence-corrected chi connectivity index (χ1v) is 11.9. The molecule has 0 spiro atoms. The number of nitrogens with zero attached hydrogens (tertiary/aromatic N) is 1. The SMILES string of the molecule is C=C(O)C1=CN(Cc2ccc(-c3ccccc3)cc2)c2cc(NCCCCNC)c(F)cc2C1=C. The molecule has 35 heavy (non-hydrogen) atoms. The molecule has 0 aromatic heterocycles. The fourth-order valence-corrected chi connectivity index (χ4v) is 4.28. The van der Waals surface area contributed by atoms with Crippen LogP contribution in [0.5, 0.6) is 0 Å². The zero-order valence-electron chi connectivity index (χ0n) is 20.2. The zero-order valence-corrected chi connectivity index (χ0v) is 20.2. The fraction of sp³-hybridized carbons (Fsp3) is 0.200. The van der Waals surface area contributed by atoms with Crippen molar-refractivity contribution in [3.8, 4) is 11.1 Å². The van der Waals surface area contributed by atoms with E-state index in [0.717, 1.165) is 36.2 Å². The Morgan fingerprint density at radius 3 is 2.34 bits per heavy atom. The van der Waals surface area contributed by atoms with Crippen molar-refractivity contribution in [3.63, 3.8) is 0 Å². The summed E-state index contributed by atoms with van der Waals surface area (Å²) in [4.78, 5) is 2.02. The van der Waals surface area contributed by atoms with E-state index in [1.807, 2.05) is 42.4 Å². The highest BCUT2D eigenvalue weighted by molar-refractivity contribution is 5.92. The van der Waals surface area contributed by atoms with Crippen LogP contribution in [0.25, 0.3) is 16.7 Å². The lowest BCUT2D eigenvalue weighted by Crippen LogP contribution is -2.22. The van der Waals surface area contributed by atoms with Crippen molar-refractivity contribution < 1.29 is 9.50 Å². The molecule has 4 nitrogen and oxygen atoms in total. The Morgan fingerprint density at radius 1 is 0.971 bits per heavy atom. The molecule has 0 saturated heterocycles. The number of halogens is 1. The van der Waals surface area contributed by atoms with Crippen molar-refractivity contribution in [2.75, 3.05) is 30.4 Å². The molecule has 3 aromatic carbocycles. The van der Waals surface area contributed by atoms with Crippen molar-refractivity contribution in [2.45, 2.75) is 19.4 Å². The molecule has 5 heteroatoms. The molecule has 0 amide bonds. The lowest BCUT2D eigenvalue weighted by molar-refractivity contribution is 0.429. The first kappa shape index (κ1) is 24.3. The maximum absolute atomic E-state index is 15.0. The average Bonchev–Trinajstić information content (AvgIpc) is 2.87. The molecule has 0 bridgehead atoms. The van der Waals surface area contributed by atoms with Gasteiger partial charge in [0.25, 0.3) is 0 Å². The summed E-state index contributed by atoms with van der Waals surface area (Å²) < 4.78 is 15.0. The Kier molecular flexibility index (Phi) is 7.68. The van der Waals surface area contributed by atoms with E-state index < -0.39 is 0 Å². The van der Waals surface area contributed by atoms with Crippen molar-refractivity contribution >= 4 is 16.9 Å². The molecule has 1 aliphatic heterocycles. The molecule has 0 radical (unpaired) electrons. The van der Waals surface area contributed by atoms with Gasteiger partial charge in [-0.2, -0.15) is 0 Å². The number of hydrogen-bond acceptors (Lipinski definition) is 4. The summed E-state index contributed by atoms with van der Waals surface area (Å²) in [6.07, 6.45) is 3.80. The zero-order chi connectivity index (χ0) is 24.8. The van der Waals surface area contributed by atoms with Crippen LogP contribution >= 0.6 is 0 Å². The second kappa shape index (κ2) is 11.1. The van der Waals surface area contributed by atoms with Crippen LogP contribution in [-0.4, -0.2) is 25.2 Å². The molecule has 0 aliphatic carbocycles. The minimum Gasteiger partial charge on any atom is -0.508 e. The van der Waals surface area contributed by atoms with Crippen LogP contribution in [0, 0.1) is 5.82 Å². The molecule has 1 aliphatic rings. The molecule has 0 saturated carbocycles. The average molecular weight is 470 g/mol. The number of benzene rings is 3. The van der Waals surface area contributed by atoms with Gasteiger partial charge in [-0.25, -0.2) is 4.39 Å². The van der Waals surface area contributed by atoms with Gasteiger partial charge in [-0.15, -0.1) is 0 Å². The minimum atomic E-state index is -0.338. The maximum atomic E-state index is 15.0. The van der Waals surface area contributed by atoms with Crippen molar-refractivity contribution in [1.29, 1.82) is 0 Å². The number of unbranched alkanes of at least 4 members (excludes halogenated alkanes) is 1. The highest BCUT2D eigenvalue weighted by Crippen LogP contribution is 2.41. The third-order valence-corrected chi connectivity index (χ3v) is 6.22. The maximum Gasteiger partial charge on any atom is 0.147 e. The van der Waals surface area contributed by atoms with E-state index in [2.05, 4.69) is 60.2 Å². The van der Waals surface area contributed by atoms with E-state index in [1.165, 1.54) is 11.6 Å². The molecule has 4 rings (SSSR count). The quantitative estimate of drug-likeness (QED) is 0.223. The summed E-state index contributed by atoms with van der Waals surface area (Å²) in [5.41, 5.74) is 6.42. The van der Waals surface area contributed by atoms with Crippen LogP contribution in [0.15, 0.2) is 97.4 Å². The number of rotatable bonds is 10. The van der Waals surface area contributed by atoms with Crippen LogP contribution in [0.2, 0.25) is 0 Å². The lowest BCUT2D eigenvalue weighted by Gasteiger charge is -2.31. The van der Waals surface area contributed by atoms with Gasteiger partial charge in [-0.05, 0) is 60.8 Å². The molecule has 0 unspecified atom stereocenters. The molecular weight excluding hydrogens is 437 g/mol. The first-order chi connectivity index (χ1) is 17.0. The van der Waals surface area contributed by atoms with Crippen LogP contribution in [0.1, 0.15) is 24.0 Å². The topological polar surface area (TPSA) is 47.5 Å². The molecule has 3 aromatic rings. The number of fused-ring (bicyclic) bond motifs is 1. The predicted molar refractivity (Wildman–Crippen MR) is 145 cm³/mol. The second-order valence-corrected chi connectivity index (χ2v) is 8.75.